The number of ether oxygens (including phenoxy) is 2. The van der Waals surface area contributed by atoms with Crippen molar-refractivity contribution in [3.8, 4) is 0 Å². The Kier molecular flexibility index (Phi) is 4.40. The monoisotopic (exact) mass is 292 g/mol. The van der Waals surface area contributed by atoms with E-state index in [2.05, 4.69) is 0 Å². The Bertz CT molecular complexity index is 589. The van der Waals surface area contributed by atoms with Gasteiger partial charge in [0.2, 0.25) is 0 Å². The van der Waals surface area contributed by atoms with Crippen LogP contribution in [0, 0.1) is 11.7 Å². The number of ketones is 1. The van der Waals surface area contributed by atoms with Crippen molar-refractivity contribution in [2.75, 3.05) is 6.61 Å². The van der Waals surface area contributed by atoms with Crippen LogP contribution in [-0.2, 0) is 19.1 Å². The quantitative estimate of drug-likeness (QED) is 0.635. The minimum absolute atomic E-state index is 0.103. The van der Waals surface area contributed by atoms with Crippen molar-refractivity contribution in [2.45, 2.75) is 26.9 Å². The molecule has 0 aliphatic carbocycles. The van der Waals surface area contributed by atoms with Crippen LogP contribution in [0.3, 0.4) is 0 Å². The second kappa shape index (κ2) is 6.08. The summed E-state index contributed by atoms with van der Waals surface area (Å²) >= 11 is 0. The molecule has 1 aliphatic heterocycles. The number of hydrogen-bond acceptors (Lipinski definition) is 4. The van der Waals surface area contributed by atoms with E-state index in [0.717, 1.165) is 0 Å². The molecule has 0 bridgehead atoms. The predicted octanol–water partition coefficient (Wildman–Crippen LogP) is 2.72. The van der Waals surface area contributed by atoms with Gasteiger partial charge in [0.05, 0.1) is 12.5 Å². The van der Waals surface area contributed by atoms with Gasteiger partial charge in [-0.3, -0.25) is 4.79 Å². The molecule has 2 rings (SSSR count). The van der Waals surface area contributed by atoms with Gasteiger partial charge in [-0.1, -0.05) is 6.92 Å². The van der Waals surface area contributed by atoms with Crippen molar-refractivity contribution in [1.29, 1.82) is 0 Å². The Morgan fingerprint density at radius 3 is 2.48 bits per heavy atom. The van der Waals surface area contributed by atoms with Crippen molar-refractivity contribution >= 4 is 17.5 Å². The maximum Gasteiger partial charge on any atom is 0.345 e. The van der Waals surface area contributed by atoms with Gasteiger partial charge in [-0.25, -0.2) is 9.18 Å². The minimum atomic E-state index is -0.708. The number of hydrogen-bond donors (Lipinski definition) is 0. The molecule has 1 aromatic rings. The fourth-order valence-corrected chi connectivity index (χ4v) is 2.11. The minimum Gasteiger partial charge on any atom is -0.488 e. The van der Waals surface area contributed by atoms with Crippen molar-refractivity contribution in [3.05, 3.63) is 41.2 Å². The van der Waals surface area contributed by atoms with E-state index >= 15 is 0 Å². The molecule has 21 heavy (non-hydrogen) atoms. The van der Waals surface area contributed by atoms with Gasteiger partial charge in [0, 0.05) is 5.56 Å². The molecule has 2 atom stereocenters. The van der Waals surface area contributed by atoms with Gasteiger partial charge in [0.15, 0.2) is 5.78 Å². The lowest BCUT2D eigenvalue weighted by Crippen LogP contribution is -2.35. The number of esters is 1. The smallest absolute Gasteiger partial charge is 0.345 e. The lowest BCUT2D eigenvalue weighted by molar-refractivity contribution is -0.141. The molecule has 0 aromatic heterocycles. The van der Waals surface area contributed by atoms with Crippen molar-refractivity contribution in [1.82, 2.24) is 0 Å². The normalized spacial score (nSPS) is 22.0. The number of rotatable bonds is 3. The molecule has 4 nitrogen and oxygen atoms in total. The molecule has 0 N–H and O–H groups in total. The summed E-state index contributed by atoms with van der Waals surface area (Å²) in [5.74, 6) is -1.70. The summed E-state index contributed by atoms with van der Waals surface area (Å²) in [5.41, 5.74) is 0.376. The first-order valence-corrected chi connectivity index (χ1v) is 6.84. The topological polar surface area (TPSA) is 52.6 Å². The van der Waals surface area contributed by atoms with Crippen molar-refractivity contribution < 1.29 is 23.5 Å². The van der Waals surface area contributed by atoms with Gasteiger partial charge in [-0.2, -0.15) is 0 Å². The first-order chi connectivity index (χ1) is 9.95. The molecule has 0 saturated carbocycles. The van der Waals surface area contributed by atoms with Crippen molar-refractivity contribution in [3.63, 3.8) is 0 Å². The number of halogens is 1. The summed E-state index contributed by atoms with van der Waals surface area (Å²) in [6.45, 7) is 5.29. The Morgan fingerprint density at radius 1 is 1.29 bits per heavy atom. The SMILES string of the molecule is CCOC(=O)C1=C(c2ccc(F)cc2)O[C@H](C)[C@H](C)C1=O. The van der Waals surface area contributed by atoms with Crippen molar-refractivity contribution in [2.24, 2.45) is 5.92 Å². The molecule has 1 aromatic carbocycles. The molecule has 0 amide bonds. The van der Waals surface area contributed by atoms with Crippen LogP contribution in [0.2, 0.25) is 0 Å². The third kappa shape index (κ3) is 2.96. The highest BCUT2D eigenvalue weighted by Gasteiger charge is 2.38. The molecule has 1 heterocycles. The molecule has 0 unspecified atom stereocenters. The van der Waals surface area contributed by atoms with E-state index in [1.54, 1.807) is 20.8 Å². The highest BCUT2D eigenvalue weighted by Crippen LogP contribution is 2.32. The van der Waals surface area contributed by atoms with E-state index < -0.39 is 17.7 Å². The van der Waals surface area contributed by atoms with Gasteiger partial charge in [-0.05, 0) is 38.1 Å². The molecule has 5 heteroatoms. The number of carbonyl (C=O) groups is 2. The van der Waals surface area contributed by atoms with E-state index in [0.29, 0.717) is 5.56 Å². The molecule has 0 saturated heterocycles. The van der Waals surface area contributed by atoms with Gasteiger partial charge in [-0.15, -0.1) is 0 Å². The van der Waals surface area contributed by atoms with Gasteiger partial charge >= 0.3 is 5.97 Å². The third-order valence-electron chi connectivity index (χ3n) is 3.48. The number of benzene rings is 1. The van der Waals surface area contributed by atoms with Crippen LogP contribution in [0.1, 0.15) is 26.3 Å². The fraction of sp³-hybridized carbons (Fsp3) is 0.375. The Balaban J connectivity index is 2.54. The van der Waals surface area contributed by atoms with Crippen LogP contribution in [0.15, 0.2) is 29.8 Å². The van der Waals surface area contributed by atoms with Gasteiger partial charge in [0.1, 0.15) is 23.3 Å². The standard InChI is InChI=1S/C16H17FO4/c1-4-20-16(19)13-14(18)9(2)10(3)21-15(13)11-5-7-12(17)8-6-11/h5-10H,4H2,1-3H3/t9-,10+/m0/s1. The Hall–Kier alpha value is -2.17. The second-order valence-electron chi connectivity index (χ2n) is 4.91. The number of Topliss-reactive ketones (excluding diaryl/α,β-unsaturated/α-hetero) is 1. The zero-order valence-electron chi connectivity index (χ0n) is 12.2. The molecule has 0 spiro atoms. The summed E-state index contributed by atoms with van der Waals surface area (Å²) in [5, 5.41) is 0. The van der Waals surface area contributed by atoms with E-state index in [9.17, 15) is 14.0 Å². The lowest BCUT2D eigenvalue weighted by Gasteiger charge is -2.29. The van der Waals surface area contributed by atoms with Crippen LogP contribution < -0.4 is 0 Å². The number of carbonyl (C=O) groups excluding carboxylic acids is 2. The molecule has 112 valence electrons. The van der Waals surface area contributed by atoms with E-state index in [1.165, 1.54) is 24.3 Å². The zero-order chi connectivity index (χ0) is 15.6. The average molecular weight is 292 g/mol. The fourth-order valence-electron chi connectivity index (χ4n) is 2.11. The molecular formula is C16H17FO4. The highest BCUT2D eigenvalue weighted by molar-refractivity contribution is 6.23. The summed E-state index contributed by atoms with van der Waals surface area (Å²) in [4.78, 5) is 24.4. The second-order valence-corrected chi connectivity index (χ2v) is 4.91. The molecule has 0 fully saturated rings. The molecule has 0 radical (unpaired) electrons. The van der Waals surface area contributed by atoms with Crippen LogP contribution in [0.5, 0.6) is 0 Å². The average Bonchev–Trinajstić information content (AvgIpc) is 2.45. The summed E-state index contributed by atoms with van der Waals surface area (Å²) in [6.07, 6.45) is -0.365. The van der Waals surface area contributed by atoms with E-state index in [4.69, 9.17) is 9.47 Å². The summed E-state index contributed by atoms with van der Waals surface area (Å²) in [6, 6.07) is 5.45. The lowest BCUT2D eigenvalue weighted by atomic mass is 9.89. The molecular weight excluding hydrogens is 275 g/mol. The largest absolute Gasteiger partial charge is 0.488 e. The summed E-state index contributed by atoms with van der Waals surface area (Å²) < 4.78 is 23.7. The zero-order valence-corrected chi connectivity index (χ0v) is 12.2. The predicted molar refractivity (Wildman–Crippen MR) is 74.7 cm³/mol. The maximum absolute atomic E-state index is 13.0. The maximum atomic E-state index is 13.0. The van der Waals surface area contributed by atoms with Crippen LogP contribution in [0.4, 0.5) is 4.39 Å². The van der Waals surface area contributed by atoms with E-state index in [-0.39, 0.29) is 29.8 Å². The Labute approximate surface area is 122 Å². The molecule has 1 aliphatic rings. The van der Waals surface area contributed by atoms with Crippen LogP contribution in [-0.4, -0.2) is 24.5 Å². The van der Waals surface area contributed by atoms with Crippen LogP contribution in [0.25, 0.3) is 5.76 Å². The summed E-state index contributed by atoms with van der Waals surface area (Å²) in [7, 11) is 0. The van der Waals surface area contributed by atoms with E-state index in [1.807, 2.05) is 0 Å². The van der Waals surface area contributed by atoms with Gasteiger partial charge in [0.25, 0.3) is 0 Å². The van der Waals surface area contributed by atoms with Crippen LogP contribution >= 0.6 is 0 Å². The Morgan fingerprint density at radius 2 is 1.90 bits per heavy atom. The third-order valence-corrected chi connectivity index (χ3v) is 3.48. The first-order valence-electron chi connectivity index (χ1n) is 6.84. The van der Waals surface area contributed by atoms with Gasteiger partial charge < -0.3 is 9.47 Å². The first kappa shape index (κ1) is 15.2. The highest BCUT2D eigenvalue weighted by atomic mass is 19.1.